The number of para-hydroxylation sites is 1. The number of amides is 1. The number of aromatic nitrogens is 1. The molecule has 0 atom stereocenters. The molecule has 26 heavy (non-hydrogen) atoms. The van der Waals surface area contributed by atoms with Crippen molar-refractivity contribution in [3.63, 3.8) is 0 Å². The van der Waals surface area contributed by atoms with E-state index in [4.69, 9.17) is 16.0 Å². The Hall–Kier alpha value is -3.05. The van der Waals surface area contributed by atoms with Crippen LogP contribution in [0, 0.1) is 0 Å². The number of aryl methyl sites for hydroxylation is 1. The number of nitrogens with zero attached hydrogens (tertiary/aromatic N) is 1. The maximum absolute atomic E-state index is 12.7. The summed E-state index contributed by atoms with van der Waals surface area (Å²) in [5.74, 6) is -0.285. The van der Waals surface area contributed by atoms with Crippen molar-refractivity contribution >= 4 is 39.4 Å². The monoisotopic (exact) mass is 366 g/mol. The van der Waals surface area contributed by atoms with E-state index in [9.17, 15) is 9.59 Å². The highest BCUT2D eigenvalue weighted by Crippen LogP contribution is 2.25. The van der Waals surface area contributed by atoms with Crippen molar-refractivity contribution < 1.29 is 9.21 Å². The zero-order valence-corrected chi connectivity index (χ0v) is 14.7. The van der Waals surface area contributed by atoms with E-state index in [1.54, 1.807) is 35.9 Å². The summed E-state index contributed by atoms with van der Waals surface area (Å²) in [6.45, 7) is 0.301. The maximum atomic E-state index is 12.7. The van der Waals surface area contributed by atoms with Crippen molar-refractivity contribution in [2.75, 3.05) is 0 Å². The molecule has 130 valence electrons. The van der Waals surface area contributed by atoms with Crippen LogP contribution in [0.1, 0.15) is 16.1 Å². The van der Waals surface area contributed by atoms with Crippen molar-refractivity contribution in [1.82, 2.24) is 9.88 Å². The van der Waals surface area contributed by atoms with Crippen LogP contribution in [0.2, 0.25) is 5.02 Å². The van der Waals surface area contributed by atoms with Gasteiger partial charge in [0.1, 0.15) is 11.3 Å². The third-order valence-corrected chi connectivity index (χ3v) is 4.80. The van der Waals surface area contributed by atoms with E-state index in [2.05, 4.69) is 5.32 Å². The molecule has 2 heterocycles. The highest BCUT2D eigenvalue weighted by molar-refractivity contribution is 6.31. The molecule has 4 aromatic rings. The molecular formula is C20H15ClN2O3. The topological polar surface area (TPSA) is 64.2 Å². The van der Waals surface area contributed by atoms with E-state index in [1.165, 1.54) is 0 Å². The summed E-state index contributed by atoms with van der Waals surface area (Å²) in [5.41, 5.74) is 1.93. The molecule has 0 radical (unpaired) electrons. The number of hydrogen-bond donors (Lipinski definition) is 1. The van der Waals surface area contributed by atoms with Crippen molar-refractivity contribution in [3.05, 3.63) is 81.3 Å². The summed E-state index contributed by atoms with van der Waals surface area (Å²) < 4.78 is 7.07. The van der Waals surface area contributed by atoms with Crippen LogP contribution in [0.15, 0.2) is 63.8 Å². The number of benzene rings is 2. The second-order valence-electron chi connectivity index (χ2n) is 6.01. The highest BCUT2D eigenvalue weighted by atomic mass is 35.5. The van der Waals surface area contributed by atoms with Gasteiger partial charge in [-0.05, 0) is 29.8 Å². The molecule has 0 saturated carbocycles. The number of rotatable bonds is 3. The fourth-order valence-corrected chi connectivity index (χ4v) is 3.32. The van der Waals surface area contributed by atoms with E-state index < -0.39 is 5.63 Å². The quantitative estimate of drug-likeness (QED) is 0.560. The van der Waals surface area contributed by atoms with E-state index in [0.717, 1.165) is 10.9 Å². The second-order valence-corrected chi connectivity index (χ2v) is 6.42. The molecule has 4 rings (SSSR count). The number of hydrogen-bond acceptors (Lipinski definition) is 3. The molecule has 0 bridgehead atoms. The number of fused-ring (bicyclic) bond motifs is 3. The molecule has 0 spiro atoms. The van der Waals surface area contributed by atoms with Crippen LogP contribution in [0.5, 0.6) is 0 Å². The van der Waals surface area contributed by atoms with Gasteiger partial charge in [-0.2, -0.15) is 0 Å². The first-order chi connectivity index (χ1) is 12.6. The zero-order valence-electron chi connectivity index (χ0n) is 14.0. The smallest absolute Gasteiger partial charge is 0.345 e. The Balaban J connectivity index is 1.75. The van der Waals surface area contributed by atoms with E-state index >= 15 is 0 Å². The number of carbonyl (C=O) groups excluding carboxylic acids is 1. The van der Waals surface area contributed by atoms with Gasteiger partial charge in [-0.25, -0.2) is 4.79 Å². The van der Waals surface area contributed by atoms with Crippen LogP contribution in [0.4, 0.5) is 0 Å². The Morgan fingerprint density at radius 2 is 1.85 bits per heavy atom. The van der Waals surface area contributed by atoms with Gasteiger partial charge in [0.05, 0.1) is 10.9 Å². The summed E-state index contributed by atoms with van der Waals surface area (Å²) >= 11 is 6.13. The van der Waals surface area contributed by atoms with E-state index in [-0.39, 0.29) is 5.91 Å². The molecule has 5 nitrogen and oxygen atoms in total. The first-order valence-corrected chi connectivity index (χ1v) is 8.47. The van der Waals surface area contributed by atoms with Crippen molar-refractivity contribution in [1.29, 1.82) is 0 Å². The first-order valence-electron chi connectivity index (χ1n) is 8.09. The van der Waals surface area contributed by atoms with E-state index in [1.807, 2.05) is 30.3 Å². The molecular weight excluding hydrogens is 352 g/mol. The van der Waals surface area contributed by atoms with Gasteiger partial charge < -0.3 is 14.3 Å². The van der Waals surface area contributed by atoms with Gasteiger partial charge in [-0.3, -0.25) is 4.79 Å². The normalized spacial score (nSPS) is 11.2. The Morgan fingerprint density at radius 1 is 1.12 bits per heavy atom. The lowest BCUT2D eigenvalue weighted by molar-refractivity contribution is 0.0943. The van der Waals surface area contributed by atoms with Gasteiger partial charge >= 0.3 is 5.63 Å². The largest absolute Gasteiger partial charge is 0.422 e. The molecule has 0 fully saturated rings. The first kappa shape index (κ1) is 16.4. The minimum atomic E-state index is -0.459. The molecule has 2 aromatic heterocycles. The summed E-state index contributed by atoms with van der Waals surface area (Å²) in [6.07, 6.45) is 0. The third kappa shape index (κ3) is 2.66. The Morgan fingerprint density at radius 3 is 2.65 bits per heavy atom. The predicted molar refractivity (Wildman–Crippen MR) is 102 cm³/mol. The van der Waals surface area contributed by atoms with Crippen LogP contribution < -0.4 is 10.9 Å². The van der Waals surface area contributed by atoms with Crippen molar-refractivity contribution in [2.45, 2.75) is 6.54 Å². The predicted octanol–water partition coefficient (Wildman–Crippen LogP) is 3.87. The zero-order chi connectivity index (χ0) is 18.3. The molecule has 6 heteroatoms. The van der Waals surface area contributed by atoms with Gasteiger partial charge in [0, 0.05) is 24.0 Å². The maximum Gasteiger partial charge on any atom is 0.345 e. The highest BCUT2D eigenvalue weighted by Gasteiger charge is 2.18. The molecule has 1 N–H and O–H groups in total. The minimum Gasteiger partial charge on any atom is -0.422 e. The number of carbonyl (C=O) groups is 1. The molecule has 0 aliphatic heterocycles. The van der Waals surface area contributed by atoms with Gasteiger partial charge in [0.25, 0.3) is 5.91 Å². The van der Waals surface area contributed by atoms with Gasteiger partial charge in [0.15, 0.2) is 0 Å². The van der Waals surface area contributed by atoms with Crippen molar-refractivity contribution in [2.24, 2.45) is 7.05 Å². The molecule has 2 aromatic carbocycles. The van der Waals surface area contributed by atoms with Gasteiger partial charge in [-0.15, -0.1) is 0 Å². The average molecular weight is 367 g/mol. The molecule has 0 saturated heterocycles. The average Bonchev–Trinajstić information content (AvgIpc) is 2.99. The lowest BCUT2D eigenvalue weighted by atomic mass is 10.2. The lowest BCUT2D eigenvalue weighted by Crippen LogP contribution is -2.24. The SMILES string of the molecule is Cn1c(C(=O)NCc2ccccc2Cl)cc2c(=O)oc3ccccc3c21. The summed E-state index contributed by atoms with van der Waals surface area (Å²) in [5, 5.41) is 4.61. The second kappa shape index (κ2) is 6.35. The molecule has 0 aliphatic carbocycles. The van der Waals surface area contributed by atoms with Crippen LogP contribution in [0.3, 0.4) is 0 Å². The van der Waals surface area contributed by atoms with Crippen molar-refractivity contribution in [3.8, 4) is 0 Å². The fraction of sp³-hybridized carbons (Fsp3) is 0.100. The molecule has 0 aliphatic rings. The van der Waals surface area contributed by atoms with Gasteiger partial charge in [0.2, 0.25) is 0 Å². The van der Waals surface area contributed by atoms with Crippen LogP contribution >= 0.6 is 11.6 Å². The molecule has 1 amide bonds. The van der Waals surface area contributed by atoms with Gasteiger partial charge in [-0.1, -0.05) is 41.9 Å². The van der Waals surface area contributed by atoms with E-state index in [0.29, 0.717) is 33.7 Å². The standard InChI is InChI=1S/C20H15ClN2O3/c1-23-16(19(24)22-11-12-6-2-4-8-15(12)21)10-14-18(23)13-7-3-5-9-17(13)26-20(14)25/h2-10H,11H2,1H3,(H,22,24). The number of halogens is 1. The lowest BCUT2D eigenvalue weighted by Gasteiger charge is -2.08. The summed E-state index contributed by atoms with van der Waals surface area (Å²) in [6, 6.07) is 16.2. The van der Waals surface area contributed by atoms with Crippen LogP contribution in [0.25, 0.3) is 21.9 Å². The summed E-state index contributed by atoms with van der Waals surface area (Å²) in [4.78, 5) is 24.9. The Labute approximate surface area is 153 Å². The Kier molecular flexibility index (Phi) is 4.01. The molecule has 0 unspecified atom stereocenters. The van der Waals surface area contributed by atoms with Crippen LogP contribution in [-0.2, 0) is 13.6 Å². The number of nitrogens with one attached hydrogen (secondary N) is 1. The third-order valence-electron chi connectivity index (χ3n) is 4.43. The fourth-order valence-electron chi connectivity index (χ4n) is 3.12. The summed E-state index contributed by atoms with van der Waals surface area (Å²) in [7, 11) is 1.76. The Bertz CT molecular complexity index is 1210. The van der Waals surface area contributed by atoms with Crippen LogP contribution in [-0.4, -0.2) is 10.5 Å². The minimum absolute atomic E-state index is 0.285.